The average Bonchev–Trinajstić information content (AvgIpc) is 3.50. The Hall–Kier alpha value is -2.49. The van der Waals surface area contributed by atoms with Gasteiger partial charge in [0.05, 0.1) is 23.7 Å². The third kappa shape index (κ3) is 6.10. The molecule has 1 amide bonds. The molecule has 3 aliphatic heterocycles. The van der Waals surface area contributed by atoms with Gasteiger partial charge in [0.2, 0.25) is 5.91 Å². The minimum absolute atomic E-state index is 0.0919. The molecule has 0 bridgehead atoms. The predicted molar refractivity (Wildman–Crippen MR) is 153 cm³/mol. The number of alkyl halides is 3. The number of nitrogens with zero attached hydrogens (tertiary/aromatic N) is 3. The number of carbonyl (C=O) groups excluding carboxylic acids is 1. The second kappa shape index (κ2) is 12.2. The first-order chi connectivity index (χ1) is 20.2. The first-order valence-electron chi connectivity index (χ1n) is 15.5. The molecule has 4 heterocycles. The molecule has 3 fully saturated rings. The third-order valence-electron chi connectivity index (χ3n) is 10.3. The van der Waals surface area contributed by atoms with Crippen molar-refractivity contribution in [1.29, 1.82) is 0 Å². The van der Waals surface area contributed by atoms with Gasteiger partial charge in [0.15, 0.2) is 0 Å². The number of benzene rings is 1. The SMILES string of the molecule is COC1COCCC1C[C@@H]1C[C@H]2CN(CCCc3ccccc3)C[C@@]2(C(=O)N2CCc3ncc(C(F)(F)F)cc3C2)C1. The van der Waals surface area contributed by atoms with Crippen molar-refractivity contribution in [2.75, 3.05) is 46.5 Å². The van der Waals surface area contributed by atoms with Gasteiger partial charge in [-0.3, -0.25) is 9.78 Å². The molecule has 228 valence electrons. The standard InChI is InChI=1S/C33H42F3N3O3/c1-41-30-21-42-13-10-25(30)14-24-15-28-20-38(11-5-8-23-6-3-2-4-7-23)22-32(28,17-24)31(40)39-12-9-29-26(19-39)16-27(18-37-29)33(34,35)36/h2-4,6-7,16,18,24-25,28,30H,5,8-15,17,19-22H2,1H3/t24-,25?,28+,30?,32+/m1/s1. The number of aryl methyl sites for hydroxylation is 1. The number of methoxy groups -OCH3 is 1. The highest BCUT2D eigenvalue weighted by Crippen LogP contribution is 2.54. The van der Waals surface area contributed by atoms with Gasteiger partial charge in [-0.05, 0) is 80.0 Å². The molecule has 0 N–H and O–H groups in total. The summed E-state index contributed by atoms with van der Waals surface area (Å²) in [7, 11) is 1.75. The van der Waals surface area contributed by atoms with Crippen LogP contribution in [0.3, 0.4) is 0 Å². The van der Waals surface area contributed by atoms with E-state index in [1.807, 2.05) is 11.0 Å². The molecular weight excluding hydrogens is 543 g/mol. The monoisotopic (exact) mass is 585 g/mol. The van der Waals surface area contributed by atoms with E-state index in [9.17, 15) is 18.0 Å². The molecule has 2 unspecified atom stereocenters. The Balaban J connectivity index is 1.18. The van der Waals surface area contributed by atoms with Crippen LogP contribution in [0, 0.1) is 23.2 Å². The molecule has 6 rings (SSSR count). The Morgan fingerprint density at radius 3 is 2.86 bits per heavy atom. The normalized spacial score (nSPS) is 29.9. The lowest BCUT2D eigenvalue weighted by molar-refractivity contribution is -0.144. The van der Waals surface area contributed by atoms with Gasteiger partial charge in [-0.2, -0.15) is 13.2 Å². The fraction of sp³-hybridized carbons (Fsp3) is 0.636. The fourth-order valence-electron chi connectivity index (χ4n) is 8.23. The van der Waals surface area contributed by atoms with Crippen LogP contribution in [0.5, 0.6) is 0 Å². The Labute approximate surface area is 246 Å². The zero-order chi connectivity index (χ0) is 29.3. The molecule has 2 aromatic rings. The number of pyridine rings is 1. The van der Waals surface area contributed by atoms with Crippen LogP contribution in [-0.2, 0) is 39.8 Å². The van der Waals surface area contributed by atoms with Gasteiger partial charge < -0.3 is 19.3 Å². The number of rotatable bonds is 8. The van der Waals surface area contributed by atoms with Crippen LogP contribution < -0.4 is 0 Å². The Kier molecular flexibility index (Phi) is 8.63. The van der Waals surface area contributed by atoms with Gasteiger partial charge in [-0.15, -0.1) is 0 Å². The Morgan fingerprint density at radius 2 is 2.07 bits per heavy atom. The summed E-state index contributed by atoms with van der Waals surface area (Å²) in [6.07, 6.45) is 2.94. The predicted octanol–water partition coefficient (Wildman–Crippen LogP) is 5.39. The first-order valence-corrected chi connectivity index (χ1v) is 15.5. The number of hydrogen-bond acceptors (Lipinski definition) is 5. The Bertz CT molecular complexity index is 1240. The summed E-state index contributed by atoms with van der Waals surface area (Å²) >= 11 is 0. The van der Waals surface area contributed by atoms with Gasteiger partial charge in [0.25, 0.3) is 0 Å². The number of fused-ring (bicyclic) bond motifs is 2. The molecule has 6 nitrogen and oxygen atoms in total. The van der Waals surface area contributed by atoms with Gasteiger partial charge in [0, 0.05) is 58.2 Å². The summed E-state index contributed by atoms with van der Waals surface area (Å²) in [4.78, 5) is 22.9. The van der Waals surface area contributed by atoms with E-state index in [2.05, 4.69) is 34.1 Å². The summed E-state index contributed by atoms with van der Waals surface area (Å²) in [5.74, 6) is 1.24. The Morgan fingerprint density at radius 1 is 1.24 bits per heavy atom. The van der Waals surface area contributed by atoms with Crippen LogP contribution in [0.25, 0.3) is 0 Å². The van der Waals surface area contributed by atoms with Gasteiger partial charge >= 0.3 is 6.18 Å². The molecule has 1 saturated carbocycles. The van der Waals surface area contributed by atoms with Crippen molar-refractivity contribution in [3.05, 3.63) is 65.0 Å². The number of ether oxygens (including phenoxy) is 2. The lowest BCUT2D eigenvalue weighted by Gasteiger charge is -2.37. The molecule has 1 aromatic heterocycles. The van der Waals surface area contributed by atoms with E-state index >= 15 is 0 Å². The van der Waals surface area contributed by atoms with Crippen molar-refractivity contribution >= 4 is 5.91 Å². The molecular formula is C33H42F3N3O3. The number of hydrogen-bond donors (Lipinski definition) is 0. The largest absolute Gasteiger partial charge is 0.417 e. The van der Waals surface area contributed by atoms with Crippen LogP contribution >= 0.6 is 0 Å². The highest BCUT2D eigenvalue weighted by Gasteiger charge is 2.58. The summed E-state index contributed by atoms with van der Waals surface area (Å²) in [5.41, 5.74) is 1.28. The van der Waals surface area contributed by atoms with Crippen molar-refractivity contribution in [2.24, 2.45) is 23.2 Å². The smallest absolute Gasteiger partial charge is 0.379 e. The zero-order valence-electron chi connectivity index (χ0n) is 24.5. The van der Waals surface area contributed by atoms with E-state index in [0.29, 0.717) is 42.7 Å². The van der Waals surface area contributed by atoms with Crippen LogP contribution in [0.15, 0.2) is 42.6 Å². The highest BCUT2D eigenvalue weighted by atomic mass is 19.4. The molecule has 1 aliphatic carbocycles. The van der Waals surface area contributed by atoms with E-state index in [1.165, 1.54) is 11.6 Å². The van der Waals surface area contributed by atoms with Crippen molar-refractivity contribution in [3.63, 3.8) is 0 Å². The van der Waals surface area contributed by atoms with E-state index in [0.717, 1.165) is 71.0 Å². The number of aromatic nitrogens is 1. The molecule has 4 aliphatic rings. The van der Waals surface area contributed by atoms with Crippen molar-refractivity contribution in [3.8, 4) is 0 Å². The quantitative estimate of drug-likeness (QED) is 0.416. The maximum atomic E-state index is 14.5. The van der Waals surface area contributed by atoms with Crippen LogP contribution in [0.1, 0.15) is 54.5 Å². The second-order valence-corrected chi connectivity index (χ2v) is 12.9. The molecule has 5 atom stereocenters. The molecule has 2 saturated heterocycles. The molecule has 9 heteroatoms. The first kappa shape index (κ1) is 29.6. The summed E-state index contributed by atoms with van der Waals surface area (Å²) in [5, 5.41) is 0. The zero-order valence-corrected chi connectivity index (χ0v) is 24.5. The summed E-state index contributed by atoms with van der Waals surface area (Å²) in [6.45, 7) is 4.65. The van der Waals surface area contributed by atoms with Crippen LogP contribution in [0.2, 0.25) is 0 Å². The van der Waals surface area contributed by atoms with Gasteiger partial charge in [-0.1, -0.05) is 30.3 Å². The van der Waals surface area contributed by atoms with Gasteiger partial charge in [-0.25, -0.2) is 0 Å². The van der Waals surface area contributed by atoms with Crippen molar-refractivity contribution < 1.29 is 27.4 Å². The average molecular weight is 586 g/mol. The molecule has 42 heavy (non-hydrogen) atoms. The highest BCUT2D eigenvalue weighted by molar-refractivity contribution is 5.84. The lowest BCUT2D eigenvalue weighted by Crippen LogP contribution is -2.48. The topological polar surface area (TPSA) is 54.9 Å². The number of carbonyl (C=O) groups is 1. The number of likely N-dealkylation sites (tertiary alicyclic amines) is 1. The second-order valence-electron chi connectivity index (χ2n) is 12.9. The molecule has 0 radical (unpaired) electrons. The minimum Gasteiger partial charge on any atom is -0.379 e. The maximum absolute atomic E-state index is 14.5. The summed E-state index contributed by atoms with van der Waals surface area (Å²) in [6, 6.07) is 11.7. The minimum atomic E-state index is -4.45. The van der Waals surface area contributed by atoms with Crippen molar-refractivity contribution in [2.45, 2.75) is 63.8 Å². The van der Waals surface area contributed by atoms with E-state index in [4.69, 9.17) is 9.47 Å². The fourth-order valence-corrected chi connectivity index (χ4v) is 8.23. The lowest BCUT2D eigenvalue weighted by atomic mass is 9.78. The summed E-state index contributed by atoms with van der Waals surface area (Å²) < 4.78 is 51.7. The number of amides is 1. The third-order valence-corrected chi connectivity index (χ3v) is 10.3. The molecule has 0 spiro atoms. The van der Waals surface area contributed by atoms with Gasteiger partial charge in [0.1, 0.15) is 0 Å². The molecule has 1 aromatic carbocycles. The van der Waals surface area contributed by atoms with E-state index < -0.39 is 17.2 Å². The van der Waals surface area contributed by atoms with Crippen LogP contribution in [-0.4, -0.2) is 73.3 Å². The maximum Gasteiger partial charge on any atom is 0.417 e. The van der Waals surface area contributed by atoms with E-state index in [1.54, 1.807) is 7.11 Å². The van der Waals surface area contributed by atoms with Crippen molar-refractivity contribution in [1.82, 2.24) is 14.8 Å². The number of halogens is 3. The van der Waals surface area contributed by atoms with Crippen LogP contribution in [0.4, 0.5) is 13.2 Å². The van der Waals surface area contributed by atoms with E-state index in [-0.39, 0.29) is 24.5 Å².